The van der Waals surface area contributed by atoms with Crippen LogP contribution in [0.4, 0.5) is 5.13 Å². The van der Waals surface area contributed by atoms with E-state index in [4.69, 9.17) is 16.6 Å². The normalized spacial score (nSPS) is 18.5. The summed E-state index contributed by atoms with van der Waals surface area (Å²) in [5.41, 5.74) is 1.05. The van der Waals surface area contributed by atoms with Gasteiger partial charge in [0, 0.05) is 30.7 Å². The highest BCUT2D eigenvalue weighted by Crippen LogP contribution is 2.32. The van der Waals surface area contributed by atoms with E-state index in [1.165, 1.54) is 4.70 Å². The number of piperazine rings is 1. The first kappa shape index (κ1) is 17.8. The lowest BCUT2D eigenvalue weighted by Crippen LogP contribution is -2.51. The van der Waals surface area contributed by atoms with Crippen LogP contribution >= 0.6 is 47.8 Å². The molecule has 0 radical (unpaired) electrons. The third-order valence-electron chi connectivity index (χ3n) is 3.41. The largest absolute Gasteiger partial charge is 0.343 e. The fourth-order valence-electron chi connectivity index (χ4n) is 2.39. The van der Waals surface area contributed by atoms with E-state index < -0.39 is 0 Å². The van der Waals surface area contributed by atoms with Crippen molar-refractivity contribution in [2.24, 2.45) is 0 Å². The molecule has 1 aromatic heterocycles. The molecule has 1 saturated heterocycles. The second kappa shape index (κ2) is 7.66. The maximum atomic E-state index is 6.02. The lowest BCUT2D eigenvalue weighted by molar-refractivity contribution is 0.466. The van der Waals surface area contributed by atoms with E-state index in [-0.39, 0.29) is 24.8 Å². The van der Waals surface area contributed by atoms with Crippen molar-refractivity contribution in [3.63, 3.8) is 0 Å². The molecule has 0 amide bonds. The van der Waals surface area contributed by atoms with Crippen molar-refractivity contribution < 1.29 is 0 Å². The Balaban J connectivity index is 0.000001000. The van der Waals surface area contributed by atoms with Gasteiger partial charge in [0.05, 0.1) is 10.2 Å². The molecule has 0 aliphatic carbocycles. The van der Waals surface area contributed by atoms with Crippen molar-refractivity contribution in [2.45, 2.75) is 19.4 Å². The predicted molar refractivity (Wildman–Crippen MR) is 93.4 cm³/mol. The third kappa shape index (κ3) is 3.49. The molecule has 0 saturated carbocycles. The fraction of sp³-hybridized carbons (Fsp3) is 0.462. The molecule has 1 fully saturated rings. The Morgan fingerprint density at radius 3 is 3.00 bits per heavy atom. The van der Waals surface area contributed by atoms with E-state index in [1.807, 2.05) is 18.2 Å². The molecule has 20 heavy (non-hydrogen) atoms. The molecule has 1 aliphatic rings. The highest BCUT2D eigenvalue weighted by Gasteiger charge is 2.23. The van der Waals surface area contributed by atoms with Crippen molar-refractivity contribution >= 4 is 63.1 Å². The number of hydrogen-bond donors (Lipinski definition) is 1. The molecule has 0 spiro atoms. The summed E-state index contributed by atoms with van der Waals surface area (Å²) in [5.74, 6) is 0. The van der Waals surface area contributed by atoms with Crippen molar-refractivity contribution in [3.8, 4) is 0 Å². The van der Waals surface area contributed by atoms with Crippen LogP contribution in [0.3, 0.4) is 0 Å². The molecule has 3 nitrogen and oxygen atoms in total. The van der Waals surface area contributed by atoms with E-state index >= 15 is 0 Å². The van der Waals surface area contributed by atoms with Crippen LogP contribution in [0, 0.1) is 0 Å². The van der Waals surface area contributed by atoms with E-state index in [2.05, 4.69) is 17.1 Å². The first-order valence-corrected chi connectivity index (χ1v) is 7.51. The quantitative estimate of drug-likeness (QED) is 0.884. The zero-order valence-electron chi connectivity index (χ0n) is 11.1. The molecule has 1 aromatic carbocycles. The maximum absolute atomic E-state index is 6.02. The topological polar surface area (TPSA) is 28.2 Å². The predicted octanol–water partition coefficient (Wildman–Crippen LogP) is 3.98. The second-order valence-corrected chi connectivity index (χ2v) is 6.01. The number of anilines is 1. The van der Waals surface area contributed by atoms with Crippen molar-refractivity contribution in [2.75, 3.05) is 24.5 Å². The molecule has 1 unspecified atom stereocenters. The van der Waals surface area contributed by atoms with Crippen molar-refractivity contribution in [1.82, 2.24) is 10.3 Å². The number of halogens is 3. The minimum absolute atomic E-state index is 0. The lowest BCUT2D eigenvalue weighted by atomic mass is 10.1. The van der Waals surface area contributed by atoms with E-state index in [9.17, 15) is 0 Å². The van der Waals surface area contributed by atoms with Crippen LogP contribution in [0.5, 0.6) is 0 Å². The number of hydrogen-bond acceptors (Lipinski definition) is 4. The van der Waals surface area contributed by atoms with Gasteiger partial charge in [-0.15, -0.1) is 24.8 Å². The summed E-state index contributed by atoms with van der Waals surface area (Å²) in [4.78, 5) is 7.16. The molecule has 1 atom stereocenters. The summed E-state index contributed by atoms with van der Waals surface area (Å²) in [6.45, 7) is 5.35. The van der Waals surface area contributed by atoms with Crippen LogP contribution in [-0.2, 0) is 0 Å². The van der Waals surface area contributed by atoms with Crippen LogP contribution in [0.2, 0.25) is 5.02 Å². The molecular formula is C13H18Cl3N3S. The maximum Gasteiger partial charge on any atom is 0.186 e. The molecule has 2 aromatic rings. The zero-order chi connectivity index (χ0) is 12.5. The standard InChI is InChI=1S/C13H16ClN3S.2ClH/c1-2-10-8-15-5-6-17(10)13-16-11-4-3-9(14)7-12(11)18-13;;/h3-4,7,10,15H,2,5-6,8H2,1H3;2*1H. The number of nitrogens with one attached hydrogen (secondary N) is 1. The first-order chi connectivity index (χ1) is 8.78. The van der Waals surface area contributed by atoms with Gasteiger partial charge in [0.2, 0.25) is 0 Å². The fourth-order valence-corrected chi connectivity index (χ4v) is 3.73. The van der Waals surface area contributed by atoms with Crippen LogP contribution < -0.4 is 10.2 Å². The molecule has 3 rings (SSSR count). The molecular weight excluding hydrogens is 337 g/mol. The summed E-state index contributed by atoms with van der Waals surface area (Å²) < 4.78 is 1.17. The van der Waals surface area contributed by atoms with Gasteiger partial charge in [-0.2, -0.15) is 0 Å². The Morgan fingerprint density at radius 1 is 1.45 bits per heavy atom. The Morgan fingerprint density at radius 2 is 2.25 bits per heavy atom. The van der Waals surface area contributed by atoms with Gasteiger partial charge in [0.1, 0.15) is 0 Å². The summed E-state index contributed by atoms with van der Waals surface area (Å²) in [6.07, 6.45) is 1.14. The van der Waals surface area contributed by atoms with Crippen LogP contribution in [0.1, 0.15) is 13.3 Å². The Bertz CT molecular complexity index is 561. The summed E-state index contributed by atoms with van der Waals surface area (Å²) in [5, 5.41) is 5.35. The van der Waals surface area contributed by atoms with Gasteiger partial charge in [-0.3, -0.25) is 0 Å². The second-order valence-electron chi connectivity index (χ2n) is 4.57. The van der Waals surface area contributed by atoms with E-state index in [0.717, 1.165) is 41.7 Å². The third-order valence-corrected chi connectivity index (χ3v) is 4.70. The number of nitrogens with zero attached hydrogens (tertiary/aromatic N) is 2. The first-order valence-electron chi connectivity index (χ1n) is 6.31. The minimum atomic E-state index is 0. The Kier molecular flexibility index (Phi) is 6.82. The van der Waals surface area contributed by atoms with Crippen molar-refractivity contribution in [3.05, 3.63) is 23.2 Å². The molecule has 2 heterocycles. The average molecular weight is 355 g/mol. The van der Waals surface area contributed by atoms with E-state index in [1.54, 1.807) is 11.3 Å². The lowest BCUT2D eigenvalue weighted by Gasteiger charge is -2.35. The SMILES string of the molecule is CCC1CNCCN1c1nc2ccc(Cl)cc2s1.Cl.Cl. The number of fused-ring (bicyclic) bond motifs is 1. The van der Waals surface area contributed by atoms with Gasteiger partial charge in [0.25, 0.3) is 0 Å². The van der Waals surface area contributed by atoms with Gasteiger partial charge in [-0.05, 0) is 24.6 Å². The highest BCUT2D eigenvalue weighted by molar-refractivity contribution is 7.22. The number of thiazole rings is 1. The average Bonchev–Trinajstić information content (AvgIpc) is 2.81. The smallest absolute Gasteiger partial charge is 0.186 e. The minimum Gasteiger partial charge on any atom is -0.343 e. The van der Waals surface area contributed by atoms with Gasteiger partial charge in [0.15, 0.2) is 5.13 Å². The van der Waals surface area contributed by atoms with Gasteiger partial charge >= 0.3 is 0 Å². The van der Waals surface area contributed by atoms with Crippen molar-refractivity contribution in [1.29, 1.82) is 0 Å². The molecule has 7 heteroatoms. The highest BCUT2D eigenvalue weighted by atomic mass is 35.5. The molecule has 112 valence electrons. The Hall–Kier alpha value is -0.260. The summed E-state index contributed by atoms with van der Waals surface area (Å²) in [7, 11) is 0. The van der Waals surface area contributed by atoms with Gasteiger partial charge < -0.3 is 10.2 Å². The zero-order valence-corrected chi connectivity index (χ0v) is 14.3. The van der Waals surface area contributed by atoms with E-state index in [0.29, 0.717) is 6.04 Å². The summed E-state index contributed by atoms with van der Waals surface area (Å²) in [6, 6.07) is 6.46. The Labute approximate surface area is 140 Å². The van der Waals surface area contributed by atoms with Gasteiger partial charge in [-0.25, -0.2) is 4.98 Å². The monoisotopic (exact) mass is 353 g/mol. The number of benzene rings is 1. The number of aromatic nitrogens is 1. The van der Waals surface area contributed by atoms with Crippen LogP contribution in [0.25, 0.3) is 10.2 Å². The van der Waals surface area contributed by atoms with Crippen LogP contribution in [0.15, 0.2) is 18.2 Å². The number of rotatable bonds is 2. The molecule has 0 bridgehead atoms. The summed E-state index contributed by atoms with van der Waals surface area (Å²) >= 11 is 7.76. The molecule has 1 aliphatic heterocycles. The van der Waals surface area contributed by atoms with Gasteiger partial charge in [-0.1, -0.05) is 29.9 Å². The molecule has 1 N–H and O–H groups in total. The van der Waals surface area contributed by atoms with Crippen LogP contribution in [-0.4, -0.2) is 30.7 Å².